The highest BCUT2D eigenvalue weighted by Gasteiger charge is 2.17. The van der Waals surface area contributed by atoms with Crippen LogP contribution in [0.25, 0.3) is 10.9 Å². The molecule has 1 N–H and O–H groups in total. The Labute approximate surface area is 111 Å². The van der Waals surface area contributed by atoms with Gasteiger partial charge in [-0.2, -0.15) is 9.36 Å². The Bertz CT molecular complexity index is 743. The number of fused-ring (bicyclic) bond motifs is 1. The molecule has 7 heteroatoms. The third kappa shape index (κ3) is 2.11. The number of benzene rings is 1. The number of pyridine rings is 1. The molecule has 0 aliphatic rings. The first-order valence-electron chi connectivity index (χ1n) is 5.31. The van der Waals surface area contributed by atoms with E-state index in [9.17, 15) is 9.90 Å². The molecule has 0 aliphatic heterocycles. The first-order valence-corrected chi connectivity index (χ1v) is 6.08. The average molecular weight is 273 g/mol. The van der Waals surface area contributed by atoms with E-state index in [0.717, 1.165) is 11.5 Å². The Hall–Kier alpha value is -2.54. The van der Waals surface area contributed by atoms with Crippen molar-refractivity contribution < 1.29 is 14.6 Å². The number of aromatic nitrogens is 3. The predicted octanol–water partition coefficient (Wildman–Crippen LogP) is 2.58. The molecule has 0 amide bonds. The van der Waals surface area contributed by atoms with Crippen molar-refractivity contribution in [2.45, 2.75) is 0 Å². The van der Waals surface area contributed by atoms with Crippen LogP contribution in [0.1, 0.15) is 10.4 Å². The summed E-state index contributed by atoms with van der Waals surface area (Å²) in [6.45, 7) is 0. The molecule has 0 spiro atoms. The van der Waals surface area contributed by atoms with Gasteiger partial charge < -0.3 is 9.84 Å². The molecule has 0 fully saturated rings. The molecule has 3 rings (SSSR count). The van der Waals surface area contributed by atoms with E-state index in [1.165, 1.54) is 12.5 Å². The molecule has 0 saturated carbocycles. The summed E-state index contributed by atoms with van der Waals surface area (Å²) in [5.41, 5.74) is 0.672. The topological polar surface area (TPSA) is 85.2 Å². The average Bonchev–Trinajstić information content (AvgIpc) is 2.91. The predicted molar refractivity (Wildman–Crippen MR) is 68.7 cm³/mol. The lowest BCUT2D eigenvalue weighted by Gasteiger charge is -2.08. The Balaban J connectivity index is 2.18. The number of para-hydroxylation sites is 1. The van der Waals surface area contributed by atoms with E-state index in [0.29, 0.717) is 10.9 Å². The first-order chi connectivity index (χ1) is 9.25. The molecule has 2 aromatic heterocycles. The smallest absolute Gasteiger partial charge is 0.340 e. The number of rotatable bonds is 3. The molecule has 0 saturated heterocycles. The number of carboxylic acids is 1. The highest BCUT2D eigenvalue weighted by Crippen LogP contribution is 2.30. The van der Waals surface area contributed by atoms with Gasteiger partial charge in [-0.1, -0.05) is 18.2 Å². The SMILES string of the molecule is O=C(O)c1c(Oc2ncns2)cnc2ccccc12. The maximum atomic E-state index is 11.4. The maximum Gasteiger partial charge on any atom is 0.340 e. The zero-order valence-corrected chi connectivity index (χ0v) is 10.3. The second-order valence-electron chi connectivity index (χ2n) is 3.63. The van der Waals surface area contributed by atoms with Crippen molar-refractivity contribution >= 4 is 28.4 Å². The summed E-state index contributed by atoms with van der Waals surface area (Å²) in [5.74, 6) is -0.916. The van der Waals surface area contributed by atoms with Gasteiger partial charge in [-0.15, -0.1) is 0 Å². The molecular formula is C12H7N3O3S. The van der Waals surface area contributed by atoms with Crippen LogP contribution in [0.2, 0.25) is 0 Å². The van der Waals surface area contributed by atoms with Crippen molar-refractivity contribution in [1.82, 2.24) is 14.3 Å². The molecule has 1 aromatic carbocycles. The fraction of sp³-hybridized carbons (Fsp3) is 0. The summed E-state index contributed by atoms with van der Waals surface area (Å²) in [6, 6.07) is 6.99. The van der Waals surface area contributed by atoms with Gasteiger partial charge in [0, 0.05) is 16.9 Å². The second-order valence-corrected chi connectivity index (χ2v) is 4.37. The van der Waals surface area contributed by atoms with Crippen molar-refractivity contribution in [3.63, 3.8) is 0 Å². The van der Waals surface area contributed by atoms with Crippen LogP contribution >= 0.6 is 11.5 Å². The summed E-state index contributed by atoms with van der Waals surface area (Å²) in [6.07, 6.45) is 2.72. The molecular weight excluding hydrogens is 266 g/mol. The Morgan fingerprint density at radius 3 is 2.84 bits per heavy atom. The lowest BCUT2D eigenvalue weighted by molar-refractivity contribution is 0.0696. The quantitative estimate of drug-likeness (QED) is 0.789. The summed E-state index contributed by atoms with van der Waals surface area (Å²) in [4.78, 5) is 19.5. The normalized spacial score (nSPS) is 10.5. The van der Waals surface area contributed by atoms with E-state index >= 15 is 0 Å². The lowest BCUT2D eigenvalue weighted by Crippen LogP contribution is -2.02. The molecule has 19 heavy (non-hydrogen) atoms. The Kier molecular flexibility index (Phi) is 2.81. The molecule has 0 radical (unpaired) electrons. The molecule has 0 bridgehead atoms. The highest BCUT2D eigenvalue weighted by atomic mass is 32.1. The minimum atomic E-state index is -1.07. The molecule has 0 atom stereocenters. The number of ether oxygens (including phenoxy) is 1. The van der Waals surface area contributed by atoms with Gasteiger partial charge in [0.05, 0.1) is 11.7 Å². The van der Waals surface area contributed by atoms with E-state index in [1.54, 1.807) is 24.3 Å². The third-order valence-corrected chi connectivity index (χ3v) is 3.04. The van der Waals surface area contributed by atoms with Gasteiger partial charge in [0.25, 0.3) is 5.19 Å². The van der Waals surface area contributed by atoms with Gasteiger partial charge >= 0.3 is 5.97 Å². The Morgan fingerprint density at radius 2 is 2.11 bits per heavy atom. The molecule has 6 nitrogen and oxygen atoms in total. The maximum absolute atomic E-state index is 11.4. The molecule has 3 aromatic rings. The van der Waals surface area contributed by atoms with Crippen molar-refractivity contribution in [3.8, 4) is 10.9 Å². The summed E-state index contributed by atoms with van der Waals surface area (Å²) >= 11 is 1.04. The zero-order chi connectivity index (χ0) is 13.2. The van der Waals surface area contributed by atoms with Gasteiger partial charge in [0.1, 0.15) is 11.9 Å². The highest BCUT2D eigenvalue weighted by molar-refractivity contribution is 7.07. The minimum Gasteiger partial charge on any atom is -0.478 e. The second kappa shape index (κ2) is 4.62. The van der Waals surface area contributed by atoms with Crippen molar-refractivity contribution in [2.75, 3.05) is 0 Å². The van der Waals surface area contributed by atoms with Crippen LogP contribution < -0.4 is 4.74 Å². The molecule has 2 heterocycles. The van der Waals surface area contributed by atoms with Gasteiger partial charge in [-0.3, -0.25) is 4.98 Å². The number of aromatic carboxylic acids is 1. The van der Waals surface area contributed by atoms with Gasteiger partial charge in [-0.05, 0) is 6.07 Å². The Morgan fingerprint density at radius 1 is 1.26 bits per heavy atom. The van der Waals surface area contributed by atoms with Crippen LogP contribution in [-0.4, -0.2) is 25.4 Å². The lowest BCUT2D eigenvalue weighted by atomic mass is 10.1. The molecule has 94 valence electrons. The molecule has 0 aliphatic carbocycles. The van der Waals surface area contributed by atoms with Crippen LogP contribution in [0.15, 0.2) is 36.8 Å². The first kappa shape index (κ1) is 11.5. The number of carbonyl (C=O) groups is 1. The number of hydrogen-bond donors (Lipinski definition) is 1. The third-order valence-electron chi connectivity index (χ3n) is 2.49. The van der Waals surface area contributed by atoms with Gasteiger partial charge in [0.2, 0.25) is 0 Å². The summed E-state index contributed by atoms with van der Waals surface area (Å²) in [7, 11) is 0. The van der Waals surface area contributed by atoms with Crippen LogP contribution in [-0.2, 0) is 0 Å². The van der Waals surface area contributed by atoms with E-state index in [2.05, 4.69) is 14.3 Å². The van der Waals surface area contributed by atoms with Crippen LogP contribution in [0.3, 0.4) is 0 Å². The standard InChI is InChI=1S/C12H7N3O3S/c16-11(17)10-7-3-1-2-4-8(7)13-5-9(10)18-12-14-6-15-19-12/h1-6H,(H,16,17). The van der Waals surface area contributed by atoms with Crippen LogP contribution in [0.4, 0.5) is 0 Å². The monoisotopic (exact) mass is 273 g/mol. The number of hydrogen-bond acceptors (Lipinski definition) is 6. The number of carboxylic acid groups (broad SMARTS) is 1. The minimum absolute atomic E-state index is 0.0702. The summed E-state index contributed by atoms with van der Waals surface area (Å²) in [5, 5.41) is 10.2. The largest absolute Gasteiger partial charge is 0.478 e. The van der Waals surface area contributed by atoms with E-state index in [1.807, 2.05) is 0 Å². The van der Waals surface area contributed by atoms with E-state index < -0.39 is 5.97 Å². The van der Waals surface area contributed by atoms with Gasteiger partial charge in [-0.25, -0.2) is 4.79 Å². The summed E-state index contributed by atoms with van der Waals surface area (Å²) < 4.78 is 9.21. The molecule has 0 unspecified atom stereocenters. The van der Waals surface area contributed by atoms with Crippen molar-refractivity contribution in [1.29, 1.82) is 0 Å². The number of nitrogens with zero attached hydrogens (tertiary/aromatic N) is 3. The van der Waals surface area contributed by atoms with E-state index in [-0.39, 0.29) is 16.5 Å². The van der Waals surface area contributed by atoms with Gasteiger partial charge in [0.15, 0.2) is 5.75 Å². The zero-order valence-electron chi connectivity index (χ0n) is 9.48. The fourth-order valence-corrected chi connectivity index (χ4v) is 2.13. The fourth-order valence-electron chi connectivity index (χ4n) is 1.72. The van der Waals surface area contributed by atoms with Crippen LogP contribution in [0.5, 0.6) is 10.9 Å². The van der Waals surface area contributed by atoms with Crippen molar-refractivity contribution in [2.24, 2.45) is 0 Å². The van der Waals surface area contributed by atoms with Crippen molar-refractivity contribution in [3.05, 3.63) is 42.4 Å². The van der Waals surface area contributed by atoms with Crippen LogP contribution in [0, 0.1) is 0 Å². The van der Waals surface area contributed by atoms with E-state index in [4.69, 9.17) is 4.74 Å².